The molecule has 0 N–H and O–H groups in total. The first-order valence-electron chi connectivity index (χ1n) is 12.7. The van der Waals surface area contributed by atoms with E-state index in [-0.39, 0.29) is 18.0 Å². The number of carbonyl (C=O) groups is 1. The van der Waals surface area contributed by atoms with E-state index in [1.807, 2.05) is 42.6 Å². The van der Waals surface area contributed by atoms with E-state index in [0.29, 0.717) is 25.7 Å². The Hall–Kier alpha value is -2.90. The lowest BCUT2D eigenvalue weighted by atomic mass is 9.84. The van der Waals surface area contributed by atoms with E-state index in [2.05, 4.69) is 13.0 Å². The van der Waals surface area contributed by atoms with E-state index in [9.17, 15) is 9.18 Å². The van der Waals surface area contributed by atoms with Gasteiger partial charge in [0.1, 0.15) is 18.1 Å². The molecule has 0 aliphatic carbocycles. The van der Waals surface area contributed by atoms with Crippen molar-refractivity contribution in [1.29, 1.82) is 0 Å². The van der Waals surface area contributed by atoms with Gasteiger partial charge in [0, 0.05) is 30.2 Å². The molecule has 1 aromatic heterocycles. The minimum Gasteiger partial charge on any atom is -0.445 e. The molecule has 3 aliphatic rings. The van der Waals surface area contributed by atoms with Crippen molar-refractivity contribution in [2.24, 2.45) is 5.92 Å². The highest BCUT2D eigenvalue weighted by molar-refractivity contribution is 7.10. The van der Waals surface area contributed by atoms with Crippen LogP contribution in [0.1, 0.15) is 34.4 Å². The molecule has 1 amide bonds. The summed E-state index contributed by atoms with van der Waals surface area (Å²) >= 11 is 1.65. The standard InChI is InChI=1S/C29H34FN2O3S/c1-21-12-15-36-28(21)18-31(17-24-8-9-25(30)16-22(24)2)29(33)35-27-19-32(13-10-23(27)11-14-32)20-34-26-6-4-3-5-7-26/h3-9,12,15-16,23,27H,10-11,13-14,17-20H2,1-2H3/q+1/t23?,27-,32?/m0/s1. The second kappa shape index (κ2) is 10.6. The van der Waals surface area contributed by atoms with Crippen LogP contribution >= 0.6 is 11.3 Å². The Morgan fingerprint density at radius 3 is 2.53 bits per heavy atom. The van der Waals surface area contributed by atoms with Crippen LogP contribution in [0.3, 0.4) is 0 Å². The highest BCUT2D eigenvalue weighted by Crippen LogP contribution is 2.36. The van der Waals surface area contributed by atoms with Gasteiger partial charge in [-0.05, 0) is 66.2 Å². The van der Waals surface area contributed by atoms with E-state index in [1.165, 1.54) is 17.7 Å². The summed E-state index contributed by atoms with van der Waals surface area (Å²) in [6.45, 7) is 8.29. The van der Waals surface area contributed by atoms with Crippen LogP contribution in [0.25, 0.3) is 0 Å². The predicted octanol–water partition coefficient (Wildman–Crippen LogP) is 6.29. The van der Waals surface area contributed by atoms with Gasteiger partial charge in [0.05, 0.1) is 19.6 Å². The van der Waals surface area contributed by atoms with Gasteiger partial charge in [0.2, 0.25) is 6.73 Å². The van der Waals surface area contributed by atoms with Crippen LogP contribution in [-0.2, 0) is 17.8 Å². The van der Waals surface area contributed by atoms with Crippen molar-refractivity contribution in [3.05, 3.63) is 87.4 Å². The lowest BCUT2D eigenvalue weighted by Crippen LogP contribution is -2.65. The normalized spacial score (nSPS) is 22.9. The molecule has 0 radical (unpaired) electrons. The lowest BCUT2D eigenvalue weighted by Gasteiger charge is -2.51. The Kier molecular flexibility index (Phi) is 7.30. The van der Waals surface area contributed by atoms with Crippen LogP contribution in [0.2, 0.25) is 0 Å². The summed E-state index contributed by atoms with van der Waals surface area (Å²) in [6.07, 6.45) is 1.65. The topological polar surface area (TPSA) is 38.8 Å². The summed E-state index contributed by atoms with van der Waals surface area (Å²) in [5, 5.41) is 2.05. The monoisotopic (exact) mass is 509 g/mol. The molecule has 2 aromatic carbocycles. The number of amides is 1. The highest BCUT2D eigenvalue weighted by atomic mass is 32.1. The molecular formula is C29H34FN2O3S+. The van der Waals surface area contributed by atoms with Crippen molar-refractivity contribution in [2.75, 3.05) is 26.4 Å². The molecule has 5 nitrogen and oxygen atoms in total. The maximum atomic E-state index is 13.7. The highest BCUT2D eigenvalue weighted by Gasteiger charge is 2.48. The average Bonchev–Trinajstić information content (AvgIpc) is 3.29. The second-order valence-electron chi connectivity index (χ2n) is 10.3. The second-order valence-corrected chi connectivity index (χ2v) is 11.3. The van der Waals surface area contributed by atoms with Crippen LogP contribution in [0.4, 0.5) is 9.18 Å². The molecule has 36 heavy (non-hydrogen) atoms. The van der Waals surface area contributed by atoms with Crippen molar-refractivity contribution >= 4 is 17.4 Å². The molecule has 2 bridgehead atoms. The number of thiophene rings is 1. The number of hydrogen-bond donors (Lipinski definition) is 0. The van der Waals surface area contributed by atoms with Gasteiger partial charge in [0.15, 0.2) is 6.10 Å². The van der Waals surface area contributed by atoms with E-state index < -0.39 is 0 Å². The maximum absolute atomic E-state index is 13.7. The molecule has 6 rings (SSSR count). The zero-order chi connectivity index (χ0) is 25.1. The molecule has 190 valence electrons. The SMILES string of the molecule is Cc1cc(F)ccc1CN(Cc1sccc1C)C(=O)O[C@H]1C[N+]2(COc3ccccc3)CCC1CC2. The summed E-state index contributed by atoms with van der Waals surface area (Å²) in [6, 6.07) is 16.7. The summed E-state index contributed by atoms with van der Waals surface area (Å²) in [4.78, 5) is 16.5. The van der Waals surface area contributed by atoms with Gasteiger partial charge < -0.3 is 9.47 Å². The van der Waals surface area contributed by atoms with E-state index >= 15 is 0 Å². The number of ether oxygens (including phenoxy) is 2. The van der Waals surface area contributed by atoms with Gasteiger partial charge >= 0.3 is 6.09 Å². The smallest absolute Gasteiger partial charge is 0.410 e. The van der Waals surface area contributed by atoms with Gasteiger partial charge in [0.25, 0.3) is 0 Å². The number of halogens is 1. The largest absolute Gasteiger partial charge is 0.445 e. The zero-order valence-electron chi connectivity index (χ0n) is 21.0. The molecule has 0 saturated carbocycles. The van der Waals surface area contributed by atoms with Gasteiger partial charge in [-0.25, -0.2) is 9.18 Å². The molecule has 0 unspecified atom stereocenters. The number of nitrogens with zero attached hydrogens (tertiary/aromatic N) is 2. The van der Waals surface area contributed by atoms with Crippen LogP contribution in [0.15, 0.2) is 60.0 Å². The summed E-state index contributed by atoms with van der Waals surface area (Å²) in [5.74, 6) is 1.00. The summed E-state index contributed by atoms with van der Waals surface area (Å²) < 4.78 is 26.9. The molecule has 3 aliphatic heterocycles. The molecule has 3 aromatic rings. The molecule has 0 spiro atoms. The molecule has 7 heteroatoms. The molecular weight excluding hydrogens is 475 g/mol. The van der Waals surface area contributed by atoms with E-state index in [0.717, 1.165) is 58.7 Å². The third kappa shape index (κ3) is 5.57. The number of benzene rings is 2. The van der Waals surface area contributed by atoms with Crippen molar-refractivity contribution < 1.29 is 23.1 Å². The molecule has 3 saturated heterocycles. The Morgan fingerprint density at radius 2 is 1.83 bits per heavy atom. The van der Waals surface area contributed by atoms with E-state index in [1.54, 1.807) is 22.3 Å². The quantitative estimate of drug-likeness (QED) is 0.335. The predicted molar refractivity (Wildman–Crippen MR) is 139 cm³/mol. The summed E-state index contributed by atoms with van der Waals surface area (Å²) in [5.41, 5.74) is 2.93. The minimum atomic E-state index is -0.299. The first-order chi connectivity index (χ1) is 17.4. The first-order valence-corrected chi connectivity index (χ1v) is 13.6. The average molecular weight is 510 g/mol. The fourth-order valence-corrected chi connectivity index (χ4v) is 6.36. The van der Waals surface area contributed by atoms with Crippen molar-refractivity contribution in [3.63, 3.8) is 0 Å². The number of quaternary nitrogens is 1. The number of fused-ring (bicyclic) bond motifs is 3. The van der Waals surface area contributed by atoms with Crippen LogP contribution in [0, 0.1) is 25.6 Å². The fraction of sp³-hybridized carbons (Fsp3) is 0.414. The number of aryl methyl sites for hydroxylation is 2. The van der Waals surface area contributed by atoms with Gasteiger partial charge in [-0.1, -0.05) is 24.3 Å². The fourth-order valence-electron chi connectivity index (χ4n) is 5.43. The maximum Gasteiger partial charge on any atom is 0.410 e. The van der Waals surface area contributed by atoms with Crippen molar-refractivity contribution in [1.82, 2.24) is 4.90 Å². The molecule has 3 fully saturated rings. The Labute approximate surface area is 216 Å². The van der Waals surface area contributed by atoms with E-state index in [4.69, 9.17) is 9.47 Å². The van der Waals surface area contributed by atoms with Crippen LogP contribution < -0.4 is 4.74 Å². The van der Waals surface area contributed by atoms with Crippen LogP contribution in [0.5, 0.6) is 5.75 Å². The molecule has 4 heterocycles. The van der Waals surface area contributed by atoms with Gasteiger partial charge in [-0.3, -0.25) is 9.38 Å². The Morgan fingerprint density at radius 1 is 1.06 bits per heavy atom. The minimum absolute atomic E-state index is 0.124. The molecule has 1 atom stereocenters. The van der Waals surface area contributed by atoms with Crippen molar-refractivity contribution in [3.8, 4) is 5.75 Å². The Bertz CT molecular complexity index is 1190. The Balaban J connectivity index is 1.29. The van der Waals surface area contributed by atoms with Crippen LogP contribution in [-0.4, -0.2) is 47.9 Å². The lowest BCUT2D eigenvalue weighted by molar-refractivity contribution is -0.959. The number of hydrogen-bond acceptors (Lipinski definition) is 4. The first kappa shape index (κ1) is 24.8. The third-order valence-electron chi connectivity index (χ3n) is 7.77. The van der Waals surface area contributed by atoms with Crippen molar-refractivity contribution in [2.45, 2.75) is 45.9 Å². The number of piperidine rings is 3. The van der Waals surface area contributed by atoms with Gasteiger partial charge in [-0.2, -0.15) is 0 Å². The zero-order valence-corrected chi connectivity index (χ0v) is 21.8. The third-order valence-corrected chi connectivity index (χ3v) is 8.78. The summed E-state index contributed by atoms with van der Waals surface area (Å²) in [7, 11) is 0. The van der Waals surface area contributed by atoms with Gasteiger partial charge in [-0.15, -0.1) is 11.3 Å². The number of carbonyl (C=O) groups excluding carboxylic acids is 1. The number of para-hydroxylation sites is 1. The number of rotatable bonds is 8.